The Balaban J connectivity index is 1.96. The molecule has 0 aliphatic heterocycles. The molecule has 1 aromatic carbocycles. The van der Waals surface area contributed by atoms with Crippen molar-refractivity contribution in [1.29, 1.82) is 0 Å². The molecule has 0 saturated heterocycles. The molecule has 0 aliphatic carbocycles. The Morgan fingerprint density at radius 2 is 2.04 bits per heavy atom. The Morgan fingerprint density at radius 3 is 2.70 bits per heavy atom. The molecule has 5 nitrogen and oxygen atoms in total. The number of aromatic nitrogens is 2. The zero-order valence-corrected chi connectivity index (χ0v) is 13.0. The monoisotopic (exact) mass is 320 g/mol. The number of benzene rings is 1. The van der Waals surface area contributed by atoms with E-state index >= 15 is 0 Å². The van der Waals surface area contributed by atoms with Crippen LogP contribution in [0.2, 0.25) is 0 Å². The zero-order valence-electron chi connectivity index (χ0n) is 13.0. The molecule has 0 aliphatic rings. The summed E-state index contributed by atoms with van der Waals surface area (Å²) < 4.78 is 28.6. The number of carbonyl (C=O) groups excluding carboxylic acids is 1. The first-order valence-corrected chi connectivity index (χ1v) is 7.06. The number of amides is 1. The van der Waals surface area contributed by atoms with Crippen molar-refractivity contribution in [2.24, 2.45) is 0 Å². The number of halogens is 2. The van der Waals surface area contributed by atoms with Gasteiger partial charge >= 0.3 is 0 Å². The van der Waals surface area contributed by atoms with Crippen molar-refractivity contribution in [2.45, 2.75) is 6.54 Å². The fraction of sp³-hybridized carbons (Fsp3) is 0.250. The molecule has 1 amide bonds. The van der Waals surface area contributed by atoms with Crippen LogP contribution in [0, 0.1) is 11.6 Å². The Morgan fingerprint density at radius 1 is 1.35 bits per heavy atom. The van der Waals surface area contributed by atoms with E-state index in [0.29, 0.717) is 12.2 Å². The summed E-state index contributed by atoms with van der Waals surface area (Å²) in [4.78, 5) is 13.8. The zero-order chi connectivity index (χ0) is 16.8. The van der Waals surface area contributed by atoms with Gasteiger partial charge in [0.2, 0.25) is 5.91 Å². The molecule has 122 valence electrons. The third-order valence-corrected chi connectivity index (χ3v) is 3.08. The third-order valence-electron chi connectivity index (χ3n) is 3.08. The fourth-order valence-corrected chi connectivity index (χ4v) is 1.87. The van der Waals surface area contributed by atoms with Crippen LogP contribution in [0.25, 0.3) is 6.08 Å². The minimum atomic E-state index is -0.717. The normalized spacial score (nSPS) is 11.3. The SMILES string of the molecule is CN(C)CCn1cc(NC(=O)C=Cc2c(F)cccc2F)cn1. The largest absolute Gasteiger partial charge is 0.320 e. The van der Waals surface area contributed by atoms with E-state index in [1.54, 1.807) is 10.9 Å². The van der Waals surface area contributed by atoms with E-state index in [1.807, 2.05) is 19.0 Å². The van der Waals surface area contributed by atoms with Gasteiger partial charge in [-0.05, 0) is 32.3 Å². The van der Waals surface area contributed by atoms with Gasteiger partial charge < -0.3 is 10.2 Å². The molecular formula is C16H18F2N4O. The first-order chi connectivity index (χ1) is 11.0. The van der Waals surface area contributed by atoms with Gasteiger partial charge in [-0.2, -0.15) is 5.10 Å². The van der Waals surface area contributed by atoms with Gasteiger partial charge in [-0.1, -0.05) is 6.07 Å². The van der Waals surface area contributed by atoms with Gasteiger partial charge in [0.25, 0.3) is 0 Å². The first kappa shape index (κ1) is 16.8. The maximum Gasteiger partial charge on any atom is 0.248 e. The van der Waals surface area contributed by atoms with E-state index in [0.717, 1.165) is 30.8 Å². The highest BCUT2D eigenvalue weighted by atomic mass is 19.1. The minimum absolute atomic E-state index is 0.246. The van der Waals surface area contributed by atoms with Gasteiger partial charge in [0, 0.05) is 24.4 Å². The van der Waals surface area contributed by atoms with Crippen LogP contribution in [-0.4, -0.2) is 41.2 Å². The summed E-state index contributed by atoms with van der Waals surface area (Å²) in [6.07, 6.45) is 5.40. The molecular weight excluding hydrogens is 302 g/mol. The van der Waals surface area contributed by atoms with E-state index in [-0.39, 0.29) is 5.56 Å². The van der Waals surface area contributed by atoms with Crippen molar-refractivity contribution in [2.75, 3.05) is 26.0 Å². The Bertz CT molecular complexity index is 690. The number of anilines is 1. The minimum Gasteiger partial charge on any atom is -0.320 e. The van der Waals surface area contributed by atoms with E-state index in [4.69, 9.17) is 0 Å². The Labute approximate surface area is 133 Å². The summed E-state index contributed by atoms with van der Waals surface area (Å²) in [5.74, 6) is -1.92. The van der Waals surface area contributed by atoms with E-state index in [1.165, 1.54) is 12.3 Å². The maximum atomic E-state index is 13.4. The van der Waals surface area contributed by atoms with Crippen molar-refractivity contribution in [1.82, 2.24) is 14.7 Å². The van der Waals surface area contributed by atoms with Crippen LogP contribution in [0.3, 0.4) is 0 Å². The average molecular weight is 320 g/mol. The summed E-state index contributed by atoms with van der Waals surface area (Å²) in [5.41, 5.74) is 0.275. The maximum absolute atomic E-state index is 13.4. The molecule has 2 rings (SSSR count). The van der Waals surface area contributed by atoms with Crippen LogP contribution in [0.4, 0.5) is 14.5 Å². The van der Waals surface area contributed by atoms with Gasteiger partial charge in [0.15, 0.2) is 0 Å². The molecule has 0 unspecified atom stereocenters. The van der Waals surface area contributed by atoms with Crippen molar-refractivity contribution in [3.8, 4) is 0 Å². The van der Waals surface area contributed by atoms with E-state index < -0.39 is 17.5 Å². The first-order valence-electron chi connectivity index (χ1n) is 7.06. The molecule has 1 N–H and O–H groups in total. The highest BCUT2D eigenvalue weighted by Gasteiger charge is 2.06. The topological polar surface area (TPSA) is 50.2 Å². The number of nitrogens with zero attached hydrogens (tertiary/aromatic N) is 3. The number of nitrogens with one attached hydrogen (secondary N) is 1. The van der Waals surface area contributed by atoms with Crippen molar-refractivity contribution < 1.29 is 13.6 Å². The summed E-state index contributed by atoms with van der Waals surface area (Å²) in [6.45, 7) is 1.51. The van der Waals surface area contributed by atoms with Crippen molar-refractivity contribution in [3.63, 3.8) is 0 Å². The molecule has 0 bridgehead atoms. The lowest BCUT2D eigenvalue weighted by Crippen LogP contribution is -2.18. The van der Waals surface area contributed by atoms with E-state index in [9.17, 15) is 13.6 Å². The van der Waals surface area contributed by atoms with Crippen LogP contribution in [0.15, 0.2) is 36.7 Å². The number of rotatable bonds is 6. The average Bonchev–Trinajstić information content (AvgIpc) is 2.92. The van der Waals surface area contributed by atoms with Gasteiger partial charge in [-0.15, -0.1) is 0 Å². The fourth-order valence-electron chi connectivity index (χ4n) is 1.87. The van der Waals surface area contributed by atoms with Crippen LogP contribution in [-0.2, 0) is 11.3 Å². The molecule has 0 atom stereocenters. The lowest BCUT2D eigenvalue weighted by atomic mass is 10.2. The molecule has 0 saturated carbocycles. The number of hydrogen-bond acceptors (Lipinski definition) is 3. The molecule has 0 spiro atoms. The highest BCUT2D eigenvalue weighted by molar-refractivity contribution is 6.01. The molecule has 1 aromatic heterocycles. The van der Waals surface area contributed by atoms with Crippen LogP contribution >= 0.6 is 0 Å². The lowest BCUT2D eigenvalue weighted by Gasteiger charge is -2.08. The van der Waals surface area contributed by atoms with Gasteiger partial charge in [0.1, 0.15) is 11.6 Å². The van der Waals surface area contributed by atoms with Crippen LogP contribution in [0.1, 0.15) is 5.56 Å². The molecule has 0 fully saturated rings. The van der Waals surface area contributed by atoms with Gasteiger partial charge in [0.05, 0.1) is 18.4 Å². The molecule has 23 heavy (non-hydrogen) atoms. The van der Waals surface area contributed by atoms with Crippen LogP contribution < -0.4 is 5.32 Å². The second kappa shape index (κ2) is 7.64. The summed E-state index contributed by atoms with van der Waals surface area (Å²) in [6, 6.07) is 3.54. The van der Waals surface area contributed by atoms with Crippen molar-refractivity contribution in [3.05, 3.63) is 53.9 Å². The summed E-state index contributed by atoms with van der Waals surface area (Å²) >= 11 is 0. The Kier molecular flexibility index (Phi) is 5.59. The standard InChI is InChI=1S/C16H18F2N4O/c1-21(2)8-9-22-11-12(10-19-22)20-16(23)7-6-13-14(17)4-3-5-15(13)18/h3-7,10-11H,8-9H2,1-2H3,(H,20,23). The highest BCUT2D eigenvalue weighted by Crippen LogP contribution is 2.14. The smallest absolute Gasteiger partial charge is 0.248 e. The van der Waals surface area contributed by atoms with Gasteiger partial charge in [-0.3, -0.25) is 9.48 Å². The number of likely N-dealkylation sites (N-methyl/N-ethyl adjacent to an activating group) is 1. The third kappa shape index (κ3) is 5.00. The van der Waals surface area contributed by atoms with Crippen LogP contribution in [0.5, 0.6) is 0 Å². The molecule has 1 heterocycles. The quantitative estimate of drug-likeness (QED) is 0.832. The second-order valence-corrected chi connectivity index (χ2v) is 5.25. The van der Waals surface area contributed by atoms with Gasteiger partial charge in [-0.25, -0.2) is 8.78 Å². The van der Waals surface area contributed by atoms with E-state index in [2.05, 4.69) is 10.4 Å². The predicted molar refractivity (Wildman–Crippen MR) is 84.8 cm³/mol. The summed E-state index contributed by atoms with van der Waals surface area (Å²) in [7, 11) is 3.91. The Hall–Kier alpha value is -2.54. The number of carbonyl (C=O) groups is 1. The molecule has 7 heteroatoms. The number of hydrogen-bond donors (Lipinski definition) is 1. The second-order valence-electron chi connectivity index (χ2n) is 5.25. The van der Waals surface area contributed by atoms with Crippen molar-refractivity contribution >= 4 is 17.7 Å². The summed E-state index contributed by atoms with van der Waals surface area (Å²) in [5, 5.41) is 6.71. The lowest BCUT2D eigenvalue weighted by molar-refractivity contribution is -0.111. The molecule has 0 radical (unpaired) electrons. The predicted octanol–water partition coefficient (Wildman–Crippen LogP) is 2.37. The molecule has 2 aromatic rings.